The minimum atomic E-state index is -0.0558. The molecule has 2 aliphatic rings. The van der Waals surface area contributed by atoms with Gasteiger partial charge in [0.1, 0.15) is 10.7 Å². The number of nitrogens with zero attached hydrogens (tertiary/aromatic N) is 3. The van der Waals surface area contributed by atoms with Crippen LogP contribution in [0.2, 0.25) is 4.34 Å². The number of piperidine rings is 1. The van der Waals surface area contributed by atoms with E-state index in [0.29, 0.717) is 26.9 Å². The van der Waals surface area contributed by atoms with E-state index in [1.54, 1.807) is 4.68 Å². The molecule has 29 heavy (non-hydrogen) atoms. The summed E-state index contributed by atoms with van der Waals surface area (Å²) in [6.07, 6.45) is 7.13. The van der Waals surface area contributed by atoms with Crippen LogP contribution in [-0.4, -0.2) is 45.2 Å². The number of hydrogen-bond acceptors (Lipinski definition) is 5. The van der Waals surface area contributed by atoms with Crippen molar-refractivity contribution in [2.75, 3.05) is 13.1 Å². The van der Waals surface area contributed by atoms with Crippen LogP contribution in [0.25, 0.3) is 11.4 Å². The molecule has 9 heteroatoms. The van der Waals surface area contributed by atoms with Crippen molar-refractivity contribution >= 4 is 40.4 Å². The van der Waals surface area contributed by atoms with E-state index in [0.717, 1.165) is 43.5 Å². The fourth-order valence-corrected chi connectivity index (χ4v) is 6.64. The number of carbonyl (C=O) groups excluding carboxylic acids is 1. The molecule has 1 aliphatic carbocycles. The van der Waals surface area contributed by atoms with E-state index in [-0.39, 0.29) is 17.3 Å². The van der Waals surface area contributed by atoms with E-state index in [9.17, 15) is 4.79 Å². The predicted molar refractivity (Wildman–Crippen MR) is 118 cm³/mol. The summed E-state index contributed by atoms with van der Waals surface area (Å²) in [6.45, 7) is 3.73. The first-order valence-electron chi connectivity index (χ1n) is 10.2. The molecule has 1 saturated heterocycles. The fraction of sp³-hybridized carbons (Fsp3) is 0.650. The van der Waals surface area contributed by atoms with E-state index in [1.165, 1.54) is 30.5 Å². The number of thiophene rings is 1. The molecule has 4 rings (SSSR count). The smallest absolute Gasteiger partial charge is 0.261 e. The average Bonchev–Trinajstić information content (AvgIpc) is 3.24. The van der Waals surface area contributed by atoms with Crippen molar-refractivity contribution < 1.29 is 4.79 Å². The highest BCUT2D eigenvalue weighted by Gasteiger charge is 2.36. The Morgan fingerprint density at radius 2 is 2.21 bits per heavy atom. The third-order valence-corrected chi connectivity index (χ3v) is 8.25. The van der Waals surface area contributed by atoms with Gasteiger partial charge in [0.05, 0.1) is 10.4 Å². The molecule has 3 heterocycles. The van der Waals surface area contributed by atoms with Crippen molar-refractivity contribution in [2.24, 2.45) is 18.9 Å². The number of hydrogen-bond donors (Lipinski definition) is 2. The summed E-state index contributed by atoms with van der Waals surface area (Å²) in [4.78, 5) is 18.1. The maximum atomic E-state index is 13.2. The van der Waals surface area contributed by atoms with Gasteiger partial charge in [0.25, 0.3) is 5.91 Å². The lowest BCUT2D eigenvalue weighted by Crippen LogP contribution is -2.53. The van der Waals surface area contributed by atoms with Crippen LogP contribution in [0.1, 0.15) is 47.3 Å². The molecule has 158 valence electrons. The van der Waals surface area contributed by atoms with Gasteiger partial charge in [-0.1, -0.05) is 24.4 Å². The first-order chi connectivity index (χ1) is 14.0. The Bertz CT molecular complexity index is 882. The molecule has 0 spiro atoms. The van der Waals surface area contributed by atoms with Crippen molar-refractivity contribution in [3.8, 4) is 11.4 Å². The summed E-state index contributed by atoms with van der Waals surface area (Å²) in [5, 5.41) is 11.1. The SMILES string of the molecule is Cc1c(C(=O)N[C@H]2CNCC[C@@H]2C2CCCC(Cl)C2)sc(Cl)c1-c1ncnn1C. The second-order valence-corrected chi connectivity index (χ2v) is 10.4. The Morgan fingerprint density at radius 3 is 2.93 bits per heavy atom. The first kappa shape index (κ1) is 21.1. The zero-order chi connectivity index (χ0) is 20.5. The van der Waals surface area contributed by atoms with E-state index in [1.807, 2.05) is 14.0 Å². The lowest BCUT2D eigenvalue weighted by atomic mass is 9.73. The third-order valence-electron chi connectivity index (χ3n) is 6.35. The molecule has 0 radical (unpaired) electrons. The summed E-state index contributed by atoms with van der Waals surface area (Å²) >= 11 is 14.3. The van der Waals surface area contributed by atoms with Crippen LogP contribution >= 0.6 is 34.5 Å². The number of alkyl halides is 1. The number of halogens is 2. The lowest BCUT2D eigenvalue weighted by molar-refractivity contribution is 0.0877. The van der Waals surface area contributed by atoms with E-state index in [4.69, 9.17) is 23.2 Å². The van der Waals surface area contributed by atoms with Crippen LogP contribution in [0.15, 0.2) is 6.33 Å². The third kappa shape index (κ3) is 4.33. The first-order valence-corrected chi connectivity index (χ1v) is 11.9. The monoisotopic (exact) mass is 455 g/mol. The molecular formula is C20H27Cl2N5OS. The standard InChI is InChI=1S/C20H27Cl2N5OS/c1-11-16(19-24-10-25-27(19)2)18(22)29-17(11)20(28)26-15-9-23-7-6-14(15)12-4-3-5-13(21)8-12/h10,12-15,23H,3-9H2,1-2H3,(H,26,28)/t12?,13?,14-,15+/m1/s1. The zero-order valence-electron chi connectivity index (χ0n) is 16.8. The second-order valence-electron chi connectivity index (χ2n) is 8.17. The molecular weight excluding hydrogens is 429 g/mol. The Hall–Kier alpha value is -1.15. The summed E-state index contributed by atoms with van der Waals surface area (Å²) in [5.41, 5.74) is 1.64. The number of rotatable bonds is 4. The number of aryl methyl sites for hydroxylation is 1. The predicted octanol–water partition coefficient (Wildman–Crippen LogP) is 4.01. The quantitative estimate of drug-likeness (QED) is 0.682. The van der Waals surface area contributed by atoms with Crippen LogP contribution in [0, 0.1) is 18.8 Å². The van der Waals surface area contributed by atoms with Gasteiger partial charge in [0.15, 0.2) is 5.82 Å². The topological polar surface area (TPSA) is 71.8 Å². The average molecular weight is 456 g/mol. The maximum absolute atomic E-state index is 13.2. The van der Waals surface area contributed by atoms with Crippen molar-refractivity contribution in [2.45, 2.75) is 50.4 Å². The summed E-state index contributed by atoms with van der Waals surface area (Å²) < 4.78 is 2.24. The van der Waals surface area contributed by atoms with Gasteiger partial charge >= 0.3 is 0 Å². The van der Waals surface area contributed by atoms with Crippen LogP contribution in [0.3, 0.4) is 0 Å². The minimum absolute atomic E-state index is 0.0558. The summed E-state index contributed by atoms with van der Waals surface area (Å²) in [7, 11) is 1.82. The lowest BCUT2D eigenvalue weighted by Gasteiger charge is -2.40. The van der Waals surface area contributed by atoms with Crippen LogP contribution in [0.4, 0.5) is 0 Å². The second kappa shape index (κ2) is 8.92. The number of carbonyl (C=O) groups is 1. The molecule has 0 bridgehead atoms. The van der Waals surface area contributed by atoms with Crippen molar-refractivity contribution in [1.29, 1.82) is 0 Å². The number of nitrogens with one attached hydrogen (secondary N) is 2. The number of aromatic nitrogens is 3. The van der Waals surface area contributed by atoms with Crippen LogP contribution < -0.4 is 10.6 Å². The van der Waals surface area contributed by atoms with Crippen LogP contribution in [-0.2, 0) is 7.05 Å². The van der Waals surface area contributed by atoms with Gasteiger partial charge in [0, 0.05) is 25.0 Å². The minimum Gasteiger partial charge on any atom is -0.347 e. The Balaban J connectivity index is 1.53. The van der Waals surface area contributed by atoms with Crippen LogP contribution in [0.5, 0.6) is 0 Å². The van der Waals surface area contributed by atoms with Crippen molar-refractivity contribution in [3.63, 3.8) is 0 Å². The molecule has 1 aliphatic heterocycles. The molecule has 2 aromatic heterocycles. The van der Waals surface area contributed by atoms with E-state index >= 15 is 0 Å². The molecule has 2 fully saturated rings. The molecule has 6 nitrogen and oxygen atoms in total. The normalized spacial score (nSPS) is 27.7. The molecule has 4 atom stereocenters. The van der Waals surface area contributed by atoms with Gasteiger partial charge < -0.3 is 10.6 Å². The zero-order valence-corrected chi connectivity index (χ0v) is 19.1. The highest BCUT2D eigenvalue weighted by Crippen LogP contribution is 2.40. The summed E-state index contributed by atoms with van der Waals surface area (Å²) in [5.74, 6) is 1.67. The van der Waals surface area contributed by atoms with Crippen molar-refractivity contribution in [3.05, 3.63) is 21.1 Å². The molecule has 2 aromatic rings. The molecule has 1 saturated carbocycles. The Labute approximate surface area is 185 Å². The number of amides is 1. The van der Waals surface area contributed by atoms with Gasteiger partial charge in [-0.25, -0.2) is 9.67 Å². The summed E-state index contributed by atoms with van der Waals surface area (Å²) in [6, 6.07) is 0.113. The maximum Gasteiger partial charge on any atom is 0.261 e. The van der Waals surface area contributed by atoms with E-state index < -0.39 is 0 Å². The van der Waals surface area contributed by atoms with Gasteiger partial charge in [-0.15, -0.1) is 22.9 Å². The highest BCUT2D eigenvalue weighted by molar-refractivity contribution is 7.18. The Kier molecular flexibility index (Phi) is 6.49. The highest BCUT2D eigenvalue weighted by atomic mass is 35.5. The molecule has 2 unspecified atom stereocenters. The largest absolute Gasteiger partial charge is 0.347 e. The molecule has 1 amide bonds. The van der Waals surface area contributed by atoms with Gasteiger partial charge in [0.2, 0.25) is 0 Å². The van der Waals surface area contributed by atoms with E-state index in [2.05, 4.69) is 20.7 Å². The van der Waals surface area contributed by atoms with Gasteiger partial charge in [-0.3, -0.25) is 4.79 Å². The molecule has 2 N–H and O–H groups in total. The van der Waals surface area contributed by atoms with Gasteiger partial charge in [-0.2, -0.15) is 5.10 Å². The molecule has 0 aromatic carbocycles. The van der Waals surface area contributed by atoms with Crippen molar-refractivity contribution in [1.82, 2.24) is 25.4 Å². The Morgan fingerprint density at radius 1 is 1.38 bits per heavy atom. The fourth-order valence-electron chi connectivity index (χ4n) is 4.86. The van der Waals surface area contributed by atoms with Gasteiger partial charge in [-0.05, 0) is 50.1 Å².